The van der Waals surface area contributed by atoms with Gasteiger partial charge in [0, 0.05) is 6.42 Å². The van der Waals surface area contributed by atoms with Crippen molar-refractivity contribution < 1.29 is 20.1 Å². The van der Waals surface area contributed by atoms with Gasteiger partial charge < -0.3 is 15.3 Å². The summed E-state index contributed by atoms with van der Waals surface area (Å²) >= 11 is 0. The molecule has 0 radical (unpaired) electrons. The average molecular weight is 360 g/mol. The van der Waals surface area contributed by atoms with Crippen molar-refractivity contribution in [2.75, 3.05) is 13.5 Å². The number of allylic oxidation sites excluding steroid dienone is 2. The molecule has 0 amide bonds. The Morgan fingerprint density at radius 3 is 1.60 bits per heavy atom. The molecule has 0 spiro atoms. The molecule has 0 atom stereocenters. The van der Waals surface area contributed by atoms with E-state index in [1.807, 2.05) is 0 Å². The molecule has 25 heavy (non-hydrogen) atoms. The van der Waals surface area contributed by atoms with Crippen molar-refractivity contribution in [3.8, 4) is 0 Å². The topological polar surface area (TPSA) is 89.8 Å². The molecule has 0 bridgehead atoms. The van der Waals surface area contributed by atoms with Gasteiger partial charge in [0.05, 0.1) is 13.5 Å². The Balaban J connectivity index is 0. The van der Waals surface area contributed by atoms with E-state index in [-0.39, 0.29) is 13.5 Å². The lowest BCUT2D eigenvalue weighted by atomic mass is 10.1. The number of aliphatic hydroxyl groups is 2. The first-order valence-corrected chi connectivity index (χ1v) is 9.98. The van der Waals surface area contributed by atoms with E-state index in [4.69, 9.17) is 15.3 Å². The van der Waals surface area contributed by atoms with Crippen molar-refractivity contribution in [3.63, 3.8) is 0 Å². The Labute approximate surface area is 154 Å². The Morgan fingerprint density at radius 2 is 1.20 bits per heavy atom. The second-order valence-electron chi connectivity index (χ2n) is 6.29. The Hall–Kier alpha value is -0.910. The molecule has 150 valence electrons. The molecule has 0 saturated heterocycles. The summed E-state index contributed by atoms with van der Waals surface area (Å²) in [6.45, 7) is 1.95. The largest absolute Gasteiger partial charge is 0.481 e. The third kappa shape index (κ3) is 31.4. The zero-order valence-corrected chi connectivity index (χ0v) is 16.2. The Kier molecular flexibility index (Phi) is 26.7. The van der Waals surface area contributed by atoms with Crippen molar-refractivity contribution in [2.45, 2.75) is 96.8 Å². The molecular weight excluding hydrogens is 318 g/mol. The summed E-state index contributed by atoms with van der Waals surface area (Å²) in [4.78, 5) is 10.3. The van der Waals surface area contributed by atoms with Gasteiger partial charge in [-0.25, -0.2) is 0 Å². The maximum atomic E-state index is 10.3. The van der Waals surface area contributed by atoms with Gasteiger partial charge in [0.15, 0.2) is 0 Å². The van der Waals surface area contributed by atoms with Gasteiger partial charge in [-0.05, 0) is 32.1 Å². The molecule has 0 fully saturated rings. The smallest absolute Gasteiger partial charge is 0.303 e. The summed E-state index contributed by atoms with van der Waals surface area (Å²) in [6, 6.07) is 0. The van der Waals surface area contributed by atoms with Crippen LogP contribution in [0.5, 0.6) is 0 Å². The van der Waals surface area contributed by atoms with Crippen molar-refractivity contribution in [1.82, 2.24) is 5.32 Å². The Bertz CT molecular complexity index is 281. The molecule has 0 aromatic rings. The van der Waals surface area contributed by atoms with Crippen LogP contribution in [0.4, 0.5) is 0 Å². The van der Waals surface area contributed by atoms with Crippen LogP contribution in [-0.2, 0) is 4.79 Å². The van der Waals surface area contributed by atoms with Crippen molar-refractivity contribution in [1.29, 1.82) is 0 Å². The molecule has 5 nitrogen and oxygen atoms in total. The molecule has 0 aliphatic carbocycles. The van der Waals surface area contributed by atoms with Crippen LogP contribution in [0.1, 0.15) is 96.8 Å². The molecule has 0 aliphatic heterocycles. The average Bonchev–Trinajstić information content (AvgIpc) is 2.59. The first-order valence-electron chi connectivity index (χ1n) is 9.98. The lowest BCUT2D eigenvalue weighted by Gasteiger charge is -1.99. The van der Waals surface area contributed by atoms with Gasteiger partial charge in [-0.3, -0.25) is 10.1 Å². The van der Waals surface area contributed by atoms with Crippen LogP contribution in [0.2, 0.25) is 0 Å². The summed E-state index contributed by atoms with van der Waals surface area (Å²) in [5.74, 6) is -0.664. The zero-order chi connectivity index (χ0) is 19.0. The SMILES string of the molecule is CCCCCCCC/C=C\CCCCCCCC(=O)O.OCNCO. The highest BCUT2D eigenvalue weighted by Gasteiger charge is 1.95. The molecule has 0 saturated carbocycles. The highest BCUT2D eigenvalue weighted by Crippen LogP contribution is 2.09. The van der Waals surface area contributed by atoms with E-state index in [0.29, 0.717) is 6.42 Å². The number of nitrogens with one attached hydrogen (secondary N) is 1. The highest BCUT2D eigenvalue weighted by atomic mass is 16.4. The monoisotopic (exact) mass is 359 g/mol. The summed E-state index contributed by atoms with van der Waals surface area (Å²) in [7, 11) is 0. The number of carbonyl (C=O) groups is 1. The fourth-order valence-corrected chi connectivity index (χ4v) is 2.40. The third-order valence-corrected chi connectivity index (χ3v) is 3.88. The summed E-state index contributed by atoms with van der Waals surface area (Å²) in [5, 5.41) is 26.3. The third-order valence-electron chi connectivity index (χ3n) is 3.88. The number of aliphatic carboxylic acids is 1. The quantitative estimate of drug-likeness (QED) is 0.173. The van der Waals surface area contributed by atoms with E-state index in [0.717, 1.165) is 12.8 Å². The number of carboxylic acids is 1. The van der Waals surface area contributed by atoms with E-state index in [2.05, 4.69) is 24.4 Å². The lowest BCUT2D eigenvalue weighted by molar-refractivity contribution is -0.137. The van der Waals surface area contributed by atoms with Gasteiger partial charge >= 0.3 is 5.97 Å². The van der Waals surface area contributed by atoms with Crippen LogP contribution in [0.25, 0.3) is 0 Å². The summed E-state index contributed by atoms with van der Waals surface area (Å²) in [5.41, 5.74) is 0. The number of hydrogen-bond donors (Lipinski definition) is 4. The van der Waals surface area contributed by atoms with Gasteiger partial charge in [-0.1, -0.05) is 70.4 Å². The van der Waals surface area contributed by atoms with E-state index in [9.17, 15) is 4.79 Å². The molecule has 0 aromatic carbocycles. The Morgan fingerprint density at radius 1 is 0.760 bits per heavy atom. The van der Waals surface area contributed by atoms with Crippen molar-refractivity contribution in [3.05, 3.63) is 12.2 Å². The van der Waals surface area contributed by atoms with Crippen LogP contribution in [0.3, 0.4) is 0 Å². The first kappa shape index (κ1) is 26.3. The van der Waals surface area contributed by atoms with Gasteiger partial charge in [0.1, 0.15) is 0 Å². The second kappa shape index (κ2) is 25.3. The fourth-order valence-electron chi connectivity index (χ4n) is 2.40. The van der Waals surface area contributed by atoms with Crippen LogP contribution in [-0.4, -0.2) is 34.8 Å². The maximum Gasteiger partial charge on any atom is 0.303 e. The van der Waals surface area contributed by atoms with E-state index >= 15 is 0 Å². The fraction of sp³-hybridized carbons (Fsp3) is 0.850. The van der Waals surface area contributed by atoms with Crippen LogP contribution < -0.4 is 5.32 Å². The van der Waals surface area contributed by atoms with Crippen LogP contribution >= 0.6 is 0 Å². The second-order valence-corrected chi connectivity index (χ2v) is 6.29. The molecule has 0 rings (SSSR count). The zero-order valence-electron chi connectivity index (χ0n) is 16.2. The molecule has 0 unspecified atom stereocenters. The van der Waals surface area contributed by atoms with Crippen LogP contribution in [0, 0.1) is 0 Å². The van der Waals surface area contributed by atoms with Gasteiger partial charge in [-0.2, -0.15) is 0 Å². The normalized spacial score (nSPS) is 10.7. The molecule has 5 heteroatoms. The van der Waals surface area contributed by atoms with Crippen molar-refractivity contribution in [2.24, 2.45) is 0 Å². The summed E-state index contributed by atoms with van der Waals surface area (Å²) < 4.78 is 0. The molecular formula is C20H41NO4. The molecule has 0 aliphatic rings. The van der Waals surface area contributed by atoms with Crippen LogP contribution in [0.15, 0.2) is 12.2 Å². The minimum absolute atomic E-state index is 0.156. The number of carboxylic acid groups (broad SMARTS) is 1. The van der Waals surface area contributed by atoms with E-state index < -0.39 is 5.97 Å². The predicted molar refractivity (Wildman–Crippen MR) is 104 cm³/mol. The molecule has 0 heterocycles. The number of unbranched alkanes of at least 4 members (excludes halogenated alkanes) is 11. The molecule has 4 N–H and O–H groups in total. The standard InChI is InChI=1S/C18H34O2.C2H7NO2/c1-2-3-4-5-6-7-8-9-10-11-12-13-14-15-16-17-18(19)20;4-1-3-2-5/h9-10H,2-8,11-17H2,1H3,(H,19,20);3-5H,1-2H2/b10-9-;. The van der Waals surface area contributed by atoms with Gasteiger partial charge in [0.25, 0.3) is 0 Å². The minimum Gasteiger partial charge on any atom is -0.481 e. The van der Waals surface area contributed by atoms with Crippen molar-refractivity contribution >= 4 is 5.97 Å². The van der Waals surface area contributed by atoms with Gasteiger partial charge in [-0.15, -0.1) is 0 Å². The highest BCUT2D eigenvalue weighted by molar-refractivity contribution is 5.66. The predicted octanol–water partition coefficient (Wildman–Crippen LogP) is 4.58. The maximum absolute atomic E-state index is 10.3. The lowest BCUT2D eigenvalue weighted by Crippen LogP contribution is -2.14. The van der Waals surface area contributed by atoms with E-state index in [1.54, 1.807) is 0 Å². The first-order chi connectivity index (χ1) is 12.2. The number of rotatable bonds is 17. The molecule has 0 aromatic heterocycles. The number of hydrogen-bond acceptors (Lipinski definition) is 4. The summed E-state index contributed by atoms with van der Waals surface area (Å²) in [6.07, 6.45) is 21.2. The minimum atomic E-state index is -0.664. The van der Waals surface area contributed by atoms with E-state index in [1.165, 1.54) is 70.6 Å². The number of aliphatic hydroxyl groups excluding tert-OH is 2. The van der Waals surface area contributed by atoms with Gasteiger partial charge in [0.2, 0.25) is 0 Å².